The van der Waals surface area contributed by atoms with Crippen LogP contribution in [0.25, 0.3) is 0 Å². The van der Waals surface area contributed by atoms with Gasteiger partial charge in [-0.25, -0.2) is 4.79 Å². The molecule has 0 aliphatic carbocycles. The van der Waals surface area contributed by atoms with Crippen LogP contribution in [0.2, 0.25) is 0 Å². The summed E-state index contributed by atoms with van der Waals surface area (Å²) in [6.45, 7) is 2.21. The number of rotatable bonds is 13. The van der Waals surface area contributed by atoms with Crippen LogP contribution < -0.4 is 5.32 Å². The van der Waals surface area contributed by atoms with Crippen molar-refractivity contribution in [2.24, 2.45) is 0 Å². The van der Waals surface area contributed by atoms with Crippen molar-refractivity contribution < 1.29 is 38.2 Å². The third-order valence-electron chi connectivity index (χ3n) is 5.22. The summed E-state index contributed by atoms with van der Waals surface area (Å²) in [5, 5.41) is 11.7. The normalized spacial score (nSPS) is 20.1. The van der Waals surface area contributed by atoms with E-state index in [2.05, 4.69) is 5.32 Å². The maximum Gasteiger partial charge on any atom is 0.408 e. The second-order valence-electron chi connectivity index (χ2n) is 7.70. The lowest BCUT2D eigenvalue weighted by atomic mass is 10.2. The summed E-state index contributed by atoms with van der Waals surface area (Å²) in [4.78, 5) is 47.2. The molecule has 1 heterocycles. The van der Waals surface area contributed by atoms with Crippen LogP contribution in [-0.2, 0) is 30.0 Å². The maximum atomic E-state index is 13.0. The van der Waals surface area contributed by atoms with Crippen molar-refractivity contribution in [1.29, 1.82) is 0 Å². The number of benzene rings is 1. The van der Waals surface area contributed by atoms with E-state index >= 15 is 0 Å². The molecule has 32 heavy (non-hydrogen) atoms. The van der Waals surface area contributed by atoms with E-state index in [4.69, 9.17) is 9.26 Å². The summed E-state index contributed by atoms with van der Waals surface area (Å²) in [6, 6.07) is 8.21. The Morgan fingerprint density at radius 1 is 1.34 bits per heavy atom. The molecule has 1 aromatic carbocycles. The van der Waals surface area contributed by atoms with Gasteiger partial charge < -0.3 is 24.8 Å². The number of aliphatic carboxylic acids is 1. The summed E-state index contributed by atoms with van der Waals surface area (Å²) in [7, 11) is -4.47. The highest BCUT2D eigenvalue weighted by Gasteiger charge is 2.39. The smallest absolute Gasteiger partial charge is 0.408 e. The van der Waals surface area contributed by atoms with Gasteiger partial charge in [-0.2, -0.15) is 0 Å². The Labute approximate surface area is 187 Å². The molecule has 178 valence electrons. The van der Waals surface area contributed by atoms with E-state index < -0.39 is 37.6 Å². The predicted molar refractivity (Wildman–Crippen MR) is 116 cm³/mol. The lowest BCUT2D eigenvalue weighted by Gasteiger charge is -2.28. The van der Waals surface area contributed by atoms with Crippen LogP contribution in [0.5, 0.6) is 0 Å². The number of alkyl carbamates (subject to hydrolysis) is 1. The summed E-state index contributed by atoms with van der Waals surface area (Å²) in [5.41, 5.74) is 0.760. The number of hydrogen-bond acceptors (Lipinski definition) is 7. The number of carbonyl (C=O) groups excluding carboxylic acids is 2. The molecule has 1 amide bonds. The fourth-order valence-corrected chi connectivity index (χ4v) is 4.97. The van der Waals surface area contributed by atoms with Crippen LogP contribution in [0, 0.1) is 0 Å². The van der Waals surface area contributed by atoms with Gasteiger partial charge in [0.1, 0.15) is 24.5 Å². The van der Waals surface area contributed by atoms with Gasteiger partial charge in [-0.1, -0.05) is 50.1 Å². The molecule has 1 aromatic rings. The molecule has 4 atom stereocenters. The summed E-state index contributed by atoms with van der Waals surface area (Å²) in [5.74, 6) is -2.27. The zero-order valence-corrected chi connectivity index (χ0v) is 19.0. The van der Waals surface area contributed by atoms with Gasteiger partial charge in [0.05, 0.1) is 0 Å². The number of amides is 1. The highest BCUT2D eigenvalue weighted by molar-refractivity contribution is 7.53. The first kappa shape index (κ1) is 26.0. The van der Waals surface area contributed by atoms with Gasteiger partial charge in [0.2, 0.25) is 0 Å². The van der Waals surface area contributed by atoms with E-state index in [9.17, 15) is 28.9 Å². The van der Waals surface area contributed by atoms with Crippen molar-refractivity contribution in [2.75, 3.05) is 13.1 Å². The van der Waals surface area contributed by atoms with Crippen molar-refractivity contribution in [3.8, 4) is 0 Å². The van der Waals surface area contributed by atoms with Gasteiger partial charge in [0.15, 0.2) is 6.29 Å². The quantitative estimate of drug-likeness (QED) is 0.293. The average molecular weight is 470 g/mol. The molecule has 1 fully saturated rings. The lowest BCUT2D eigenvalue weighted by Crippen LogP contribution is -2.42. The summed E-state index contributed by atoms with van der Waals surface area (Å²) >= 11 is 0. The van der Waals surface area contributed by atoms with Crippen LogP contribution in [0.1, 0.15) is 44.6 Å². The molecule has 1 saturated heterocycles. The number of carboxylic acid groups (broad SMARTS) is 1. The van der Waals surface area contributed by atoms with E-state index in [0.29, 0.717) is 38.5 Å². The summed E-state index contributed by atoms with van der Waals surface area (Å²) in [6.07, 6.45) is 0.679. The Morgan fingerprint density at radius 2 is 2.06 bits per heavy atom. The minimum Gasteiger partial charge on any atom is -0.480 e. The number of carbonyl (C=O) groups is 3. The first-order valence-electron chi connectivity index (χ1n) is 10.7. The number of carboxylic acids is 1. The number of ether oxygens (including phenoxy) is 1. The Morgan fingerprint density at radius 3 is 2.69 bits per heavy atom. The average Bonchev–Trinajstić information content (AvgIpc) is 3.23. The zero-order chi connectivity index (χ0) is 23.6. The van der Waals surface area contributed by atoms with Crippen molar-refractivity contribution in [2.45, 2.75) is 63.6 Å². The van der Waals surface area contributed by atoms with Gasteiger partial charge in [0.25, 0.3) is 0 Å². The number of aldehydes is 1. The van der Waals surface area contributed by atoms with Crippen LogP contribution in [0.4, 0.5) is 4.79 Å². The highest BCUT2D eigenvalue weighted by atomic mass is 31.2. The van der Waals surface area contributed by atoms with Gasteiger partial charge >= 0.3 is 19.7 Å². The third-order valence-corrected chi connectivity index (χ3v) is 6.97. The molecular weight excluding hydrogens is 439 g/mol. The second-order valence-corrected chi connectivity index (χ2v) is 9.66. The minimum absolute atomic E-state index is 0.00768. The fourth-order valence-electron chi connectivity index (χ4n) is 3.54. The largest absolute Gasteiger partial charge is 0.480 e. The Balaban J connectivity index is 2.00. The van der Waals surface area contributed by atoms with E-state index in [1.54, 1.807) is 29.2 Å². The van der Waals surface area contributed by atoms with Gasteiger partial charge in [-0.15, -0.1) is 0 Å². The van der Waals surface area contributed by atoms with E-state index in [-0.39, 0.29) is 19.6 Å². The molecule has 3 N–H and O–H groups in total. The van der Waals surface area contributed by atoms with Crippen LogP contribution in [0.15, 0.2) is 30.3 Å². The second kappa shape index (κ2) is 12.7. The molecule has 0 aromatic heterocycles. The zero-order valence-electron chi connectivity index (χ0n) is 18.1. The Kier molecular flexibility index (Phi) is 10.3. The molecule has 10 nitrogen and oxygen atoms in total. The number of nitrogens with zero attached hydrogens (tertiary/aromatic N) is 1. The molecule has 11 heteroatoms. The lowest BCUT2D eigenvalue weighted by molar-refractivity contribution is -0.142. The number of hydrogen-bond donors (Lipinski definition) is 3. The minimum atomic E-state index is -4.47. The Bertz CT molecular complexity index is 806. The molecule has 0 saturated carbocycles. The van der Waals surface area contributed by atoms with E-state index in [0.717, 1.165) is 5.56 Å². The number of unbranched alkanes of at least 4 members (excludes halogenated alkanes) is 1. The molecule has 0 radical (unpaired) electrons. The predicted octanol–water partition coefficient (Wildman–Crippen LogP) is 2.75. The molecular formula is C21H31N2O8P. The SMILES string of the molecule is CCCCC(NC(=O)OCc1ccccc1)P(=O)(O)OC(C=O)CN1CCC[C@H]1C(=O)O. The van der Waals surface area contributed by atoms with Crippen molar-refractivity contribution in [1.82, 2.24) is 10.2 Å². The summed E-state index contributed by atoms with van der Waals surface area (Å²) < 4.78 is 23.3. The van der Waals surface area contributed by atoms with Gasteiger partial charge in [-0.3, -0.25) is 18.8 Å². The highest BCUT2D eigenvalue weighted by Crippen LogP contribution is 2.49. The van der Waals surface area contributed by atoms with Gasteiger partial charge in [-0.05, 0) is 31.4 Å². The maximum absolute atomic E-state index is 13.0. The monoisotopic (exact) mass is 470 g/mol. The van der Waals surface area contributed by atoms with E-state index in [1.807, 2.05) is 13.0 Å². The van der Waals surface area contributed by atoms with Crippen molar-refractivity contribution >= 4 is 25.9 Å². The fraction of sp³-hybridized carbons (Fsp3) is 0.571. The van der Waals surface area contributed by atoms with Crippen LogP contribution in [0.3, 0.4) is 0 Å². The standard InChI is InChI=1S/C21H31N2O8P/c1-2-3-11-19(22-21(27)30-15-16-8-5-4-6-9-16)32(28,29)31-17(14-24)13-23-12-7-10-18(23)20(25)26/h4-6,8-9,14,17-19H,2-3,7,10-13,15H2,1H3,(H,22,27)(H,25,26)(H,28,29)/t17?,18-,19?/m0/s1. The van der Waals surface area contributed by atoms with Crippen molar-refractivity contribution in [3.63, 3.8) is 0 Å². The van der Waals surface area contributed by atoms with E-state index in [1.165, 1.54) is 0 Å². The Hall–Kier alpha value is -2.26. The topological polar surface area (TPSA) is 142 Å². The van der Waals surface area contributed by atoms with Crippen molar-refractivity contribution in [3.05, 3.63) is 35.9 Å². The molecule has 2 rings (SSSR count). The first-order valence-corrected chi connectivity index (χ1v) is 12.3. The molecule has 1 aliphatic heterocycles. The van der Waals surface area contributed by atoms with Gasteiger partial charge in [0, 0.05) is 6.54 Å². The number of nitrogens with one attached hydrogen (secondary N) is 1. The number of likely N-dealkylation sites (tertiary alicyclic amines) is 1. The molecule has 0 spiro atoms. The molecule has 0 bridgehead atoms. The first-order chi connectivity index (χ1) is 15.3. The van der Waals surface area contributed by atoms with Crippen LogP contribution >= 0.6 is 7.60 Å². The van der Waals surface area contributed by atoms with Crippen LogP contribution in [-0.4, -0.2) is 64.3 Å². The molecule has 3 unspecified atom stereocenters. The molecule has 1 aliphatic rings. The third kappa shape index (κ3) is 8.02.